The van der Waals surface area contributed by atoms with Crippen molar-refractivity contribution in [1.29, 1.82) is 0 Å². The third-order valence-electron chi connectivity index (χ3n) is 1.76. The van der Waals surface area contributed by atoms with Crippen LogP contribution in [-0.4, -0.2) is 11.9 Å². The van der Waals surface area contributed by atoms with Crippen LogP contribution in [0.4, 0.5) is 19.4 Å². The van der Waals surface area contributed by atoms with Crippen molar-refractivity contribution in [2.45, 2.75) is 4.90 Å². The first-order valence-corrected chi connectivity index (χ1v) is 6.23. The SMILES string of the molecule is NC(N)=NC(=O)c1cccc(S(F)(F)(F)(F)F)c1. The molecule has 0 radical (unpaired) electrons. The fourth-order valence-corrected chi connectivity index (χ4v) is 1.74. The summed E-state index contributed by atoms with van der Waals surface area (Å²) < 4.78 is 62.3. The molecule has 0 saturated heterocycles. The van der Waals surface area contributed by atoms with Gasteiger partial charge in [-0.05, 0) is 18.2 Å². The van der Waals surface area contributed by atoms with Gasteiger partial charge in [0.2, 0.25) is 0 Å². The standard InChI is InChI=1S/C8H8F5N3OS/c9-18(10,11,12,13)6-3-1-2-5(4-6)7(17)16-8(14)15/h1-4H,(H4,14,15,16,17). The van der Waals surface area contributed by atoms with Crippen LogP contribution in [0.25, 0.3) is 0 Å². The maximum Gasteiger partial charge on any atom is 0.310 e. The number of benzene rings is 1. The minimum atomic E-state index is -9.82. The topological polar surface area (TPSA) is 81.5 Å². The second-order valence-corrected chi connectivity index (χ2v) is 5.75. The lowest BCUT2D eigenvalue weighted by atomic mass is 10.2. The van der Waals surface area contributed by atoms with Gasteiger partial charge in [-0.2, -0.15) is 4.99 Å². The Hall–Kier alpha value is -1.84. The quantitative estimate of drug-likeness (QED) is 0.499. The van der Waals surface area contributed by atoms with Crippen molar-refractivity contribution in [1.82, 2.24) is 0 Å². The van der Waals surface area contributed by atoms with Crippen LogP contribution in [0, 0.1) is 0 Å². The molecule has 0 fully saturated rings. The second-order valence-electron chi connectivity index (χ2n) is 3.34. The molecule has 0 aliphatic heterocycles. The van der Waals surface area contributed by atoms with E-state index < -0.39 is 32.5 Å². The average Bonchev–Trinajstić information content (AvgIpc) is 2.13. The summed E-state index contributed by atoms with van der Waals surface area (Å²) in [5.41, 5.74) is 9.01. The summed E-state index contributed by atoms with van der Waals surface area (Å²) >= 11 is 0. The van der Waals surface area contributed by atoms with Gasteiger partial charge < -0.3 is 11.5 Å². The first-order chi connectivity index (χ1) is 7.79. The number of amides is 1. The fourth-order valence-electron chi connectivity index (χ4n) is 1.05. The first kappa shape index (κ1) is 14.2. The van der Waals surface area contributed by atoms with Gasteiger partial charge in [0.15, 0.2) is 5.96 Å². The van der Waals surface area contributed by atoms with E-state index in [-0.39, 0.29) is 12.1 Å². The summed E-state index contributed by atoms with van der Waals surface area (Å²) in [6, 6.07) is 1.74. The molecule has 102 valence electrons. The van der Waals surface area contributed by atoms with E-state index in [9.17, 15) is 24.2 Å². The number of carbonyl (C=O) groups excluding carboxylic acids is 1. The highest BCUT2D eigenvalue weighted by Crippen LogP contribution is 3.02. The molecule has 10 heteroatoms. The van der Waals surface area contributed by atoms with Crippen LogP contribution >= 0.6 is 10.2 Å². The van der Waals surface area contributed by atoms with Crippen molar-refractivity contribution in [2.24, 2.45) is 16.5 Å². The number of hydrogen-bond donors (Lipinski definition) is 2. The van der Waals surface area contributed by atoms with Gasteiger partial charge in [-0.3, -0.25) is 4.79 Å². The van der Waals surface area contributed by atoms with E-state index in [1.54, 1.807) is 0 Å². The van der Waals surface area contributed by atoms with Gasteiger partial charge in [-0.15, -0.1) is 0 Å². The third-order valence-corrected chi connectivity index (χ3v) is 2.90. The Morgan fingerprint density at radius 3 is 2.11 bits per heavy atom. The average molecular weight is 289 g/mol. The Bertz CT molecular complexity index is 535. The molecular formula is C8H8F5N3OS. The van der Waals surface area contributed by atoms with Crippen LogP contribution in [0.15, 0.2) is 34.2 Å². The van der Waals surface area contributed by atoms with Gasteiger partial charge in [-0.25, -0.2) is 0 Å². The molecule has 18 heavy (non-hydrogen) atoms. The summed E-state index contributed by atoms with van der Waals surface area (Å²) in [6.07, 6.45) is 0. The number of halogens is 5. The lowest BCUT2D eigenvalue weighted by Crippen LogP contribution is -2.24. The minimum Gasteiger partial charge on any atom is -0.370 e. The number of hydrogen-bond acceptors (Lipinski definition) is 1. The van der Waals surface area contributed by atoms with Gasteiger partial charge in [0, 0.05) is 5.56 Å². The Kier molecular flexibility index (Phi) is 2.64. The fraction of sp³-hybridized carbons (Fsp3) is 0. The lowest BCUT2D eigenvalue weighted by molar-refractivity contribution is 0.100. The third kappa shape index (κ3) is 3.58. The van der Waals surface area contributed by atoms with Crippen LogP contribution in [0.3, 0.4) is 0 Å². The normalized spacial score (nSPS) is 15.4. The van der Waals surface area contributed by atoms with Crippen molar-refractivity contribution in [2.75, 3.05) is 0 Å². The number of carbonyl (C=O) groups is 1. The predicted octanol–water partition coefficient (Wildman–Crippen LogP) is 2.76. The number of nitrogens with two attached hydrogens (primary N) is 2. The molecule has 0 unspecified atom stereocenters. The number of guanidine groups is 1. The van der Waals surface area contributed by atoms with E-state index >= 15 is 0 Å². The van der Waals surface area contributed by atoms with E-state index in [1.807, 2.05) is 0 Å². The molecule has 1 aromatic carbocycles. The largest absolute Gasteiger partial charge is 0.370 e. The molecule has 1 aromatic rings. The molecule has 0 heterocycles. The number of aliphatic imine (C=N–C) groups is 1. The number of rotatable bonds is 2. The molecule has 0 aliphatic carbocycles. The van der Waals surface area contributed by atoms with Gasteiger partial charge in [0.05, 0.1) is 0 Å². The molecule has 0 spiro atoms. The Morgan fingerprint density at radius 2 is 1.67 bits per heavy atom. The molecule has 0 aromatic heterocycles. The zero-order valence-corrected chi connectivity index (χ0v) is 9.43. The molecule has 0 saturated carbocycles. The van der Waals surface area contributed by atoms with E-state index in [4.69, 9.17) is 11.5 Å². The zero-order chi connectivity index (χ0) is 14.3. The monoisotopic (exact) mass is 289 g/mol. The summed E-state index contributed by atoms with van der Waals surface area (Å²) in [7, 11) is -9.82. The molecule has 1 amide bonds. The van der Waals surface area contributed by atoms with Gasteiger partial charge in [-0.1, -0.05) is 25.5 Å². The highest BCUT2D eigenvalue weighted by molar-refractivity contribution is 8.45. The summed E-state index contributed by atoms with van der Waals surface area (Å²) in [6.45, 7) is 0. The van der Waals surface area contributed by atoms with Crippen LogP contribution in [0.5, 0.6) is 0 Å². The van der Waals surface area contributed by atoms with Crippen LogP contribution in [0.1, 0.15) is 10.4 Å². The maximum absolute atomic E-state index is 12.5. The number of nitrogens with zero attached hydrogens (tertiary/aromatic N) is 1. The molecule has 1 rings (SSSR count). The second kappa shape index (κ2) is 3.34. The van der Waals surface area contributed by atoms with Crippen molar-refractivity contribution >= 4 is 22.1 Å². The molecule has 4 nitrogen and oxygen atoms in total. The molecule has 4 N–H and O–H groups in total. The predicted molar refractivity (Wildman–Crippen MR) is 58.0 cm³/mol. The summed E-state index contributed by atoms with van der Waals surface area (Å²) in [5.74, 6) is -1.92. The van der Waals surface area contributed by atoms with Gasteiger partial charge >= 0.3 is 10.2 Å². The Labute approximate surface area is 98.2 Å². The molecule has 0 aliphatic rings. The maximum atomic E-state index is 12.5. The lowest BCUT2D eigenvalue weighted by Gasteiger charge is -2.40. The molecule has 0 atom stereocenters. The highest BCUT2D eigenvalue weighted by atomic mass is 32.5. The summed E-state index contributed by atoms with van der Waals surface area (Å²) in [5, 5.41) is 0. The van der Waals surface area contributed by atoms with Crippen molar-refractivity contribution in [3.63, 3.8) is 0 Å². The van der Waals surface area contributed by atoms with Crippen molar-refractivity contribution < 1.29 is 24.2 Å². The van der Waals surface area contributed by atoms with E-state index in [0.717, 1.165) is 6.07 Å². The van der Waals surface area contributed by atoms with Crippen LogP contribution < -0.4 is 11.5 Å². The van der Waals surface area contributed by atoms with Crippen molar-refractivity contribution in [3.8, 4) is 0 Å². The van der Waals surface area contributed by atoms with Gasteiger partial charge in [0.25, 0.3) is 5.91 Å². The molecular weight excluding hydrogens is 281 g/mol. The molecule has 0 bridgehead atoms. The first-order valence-electron chi connectivity index (χ1n) is 4.28. The highest BCUT2D eigenvalue weighted by Gasteiger charge is 2.65. The summed E-state index contributed by atoms with van der Waals surface area (Å²) in [4.78, 5) is 12.0. The smallest absolute Gasteiger partial charge is 0.310 e. The Balaban J connectivity index is 3.34. The van der Waals surface area contributed by atoms with E-state index in [1.165, 1.54) is 0 Å². The van der Waals surface area contributed by atoms with Crippen LogP contribution in [0.2, 0.25) is 0 Å². The Morgan fingerprint density at radius 1 is 1.11 bits per heavy atom. The zero-order valence-electron chi connectivity index (χ0n) is 8.62. The van der Waals surface area contributed by atoms with Gasteiger partial charge in [0.1, 0.15) is 4.90 Å². The minimum absolute atomic E-state index is 0.0102. The van der Waals surface area contributed by atoms with Crippen molar-refractivity contribution in [3.05, 3.63) is 29.8 Å². The van der Waals surface area contributed by atoms with E-state index in [2.05, 4.69) is 4.99 Å². The van der Waals surface area contributed by atoms with Crippen LogP contribution in [-0.2, 0) is 0 Å². The van der Waals surface area contributed by atoms with E-state index in [0.29, 0.717) is 6.07 Å².